The molecule has 1 heterocycles. The highest BCUT2D eigenvalue weighted by molar-refractivity contribution is 7.98. The number of hydrogen-bond acceptors (Lipinski definition) is 3. The van der Waals surface area contributed by atoms with Gasteiger partial charge in [0.05, 0.1) is 7.05 Å². The molecule has 0 spiro atoms. The van der Waals surface area contributed by atoms with Crippen LogP contribution in [0.3, 0.4) is 0 Å². The summed E-state index contributed by atoms with van der Waals surface area (Å²) < 4.78 is 5.47. The minimum atomic E-state index is -0.287. The molecule has 1 unspecified atom stereocenters. The molecule has 136 valence electrons. The third-order valence-electron chi connectivity index (χ3n) is 4.87. The van der Waals surface area contributed by atoms with Crippen LogP contribution in [0.2, 0.25) is 0 Å². The maximum atomic E-state index is 12.1. The normalized spacial score (nSPS) is 12.5. The van der Waals surface area contributed by atoms with E-state index in [9.17, 15) is 4.79 Å². The van der Waals surface area contributed by atoms with Crippen molar-refractivity contribution in [1.82, 2.24) is 0 Å². The van der Waals surface area contributed by atoms with Gasteiger partial charge in [0.2, 0.25) is 0 Å². The molecular weight excluding hydrogens is 354 g/mol. The Hall–Kier alpha value is -2.56. The molecule has 0 amide bonds. The molecule has 3 nitrogen and oxygen atoms in total. The predicted molar refractivity (Wildman–Crippen MR) is 113 cm³/mol. The van der Waals surface area contributed by atoms with Crippen LogP contribution in [-0.4, -0.2) is 13.3 Å². The Balaban J connectivity index is 1.69. The zero-order valence-electron chi connectivity index (χ0n) is 15.5. The second-order valence-corrected chi connectivity index (χ2v) is 7.79. The van der Waals surface area contributed by atoms with E-state index in [1.807, 2.05) is 24.3 Å². The summed E-state index contributed by atoms with van der Waals surface area (Å²) in [6, 6.07) is 22.5. The number of thioether (sulfide) groups is 1. The van der Waals surface area contributed by atoms with Gasteiger partial charge in [-0.2, -0.15) is 0 Å². The van der Waals surface area contributed by atoms with E-state index in [0.717, 1.165) is 34.8 Å². The second kappa shape index (κ2) is 7.59. The van der Waals surface area contributed by atoms with Crippen molar-refractivity contribution >= 4 is 33.5 Å². The van der Waals surface area contributed by atoms with Crippen LogP contribution in [-0.2, 0) is 13.1 Å². The van der Waals surface area contributed by atoms with Crippen LogP contribution in [0.15, 0.2) is 80.8 Å². The van der Waals surface area contributed by atoms with E-state index in [0.29, 0.717) is 5.58 Å². The predicted octanol–water partition coefficient (Wildman–Crippen LogP) is 3.88. The molecule has 0 aliphatic carbocycles. The molecule has 0 aliphatic rings. The minimum absolute atomic E-state index is 0.287. The molecule has 4 aromatic rings. The van der Waals surface area contributed by atoms with Gasteiger partial charge in [-0.1, -0.05) is 42.5 Å². The Morgan fingerprint density at radius 3 is 2.52 bits per heavy atom. The second-order valence-electron chi connectivity index (χ2n) is 6.91. The lowest BCUT2D eigenvalue weighted by atomic mass is 10.0. The fourth-order valence-corrected chi connectivity index (χ4v) is 4.05. The van der Waals surface area contributed by atoms with E-state index in [-0.39, 0.29) is 5.63 Å². The third-order valence-corrected chi connectivity index (χ3v) is 5.62. The van der Waals surface area contributed by atoms with Crippen LogP contribution in [0.4, 0.5) is 0 Å². The maximum Gasteiger partial charge on any atom is 0.336 e. The Bertz CT molecular complexity index is 1150. The van der Waals surface area contributed by atoms with Crippen LogP contribution in [0, 0.1) is 0 Å². The molecule has 1 N–H and O–H groups in total. The number of nitrogens with one attached hydrogen (secondary N) is 1. The topological polar surface area (TPSA) is 34.7 Å². The highest BCUT2D eigenvalue weighted by Crippen LogP contribution is 2.27. The van der Waals surface area contributed by atoms with Crippen LogP contribution in [0.5, 0.6) is 0 Å². The van der Waals surface area contributed by atoms with Gasteiger partial charge in [-0.25, -0.2) is 4.79 Å². The average Bonchev–Trinajstić information content (AvgIpc) is 2.68. The van der Waals surface area contributed by atoms with Gasteiger partial charge in [0.15, 0.2) is 0 Å². The molecule has 4 rings (SSSR count). The van der Waals surface area contributed by atoms with Crippen molar-refractivity contribution < 1.29 is 9.32 Å². The standard InChI is InChI=1S/C23H21NO2S/c1-24(14-16-7-10-19(27-2)11-8-16)15-18-13-22(25)26-21-12-9-17-5-3-4-6-20(17)23(18)21/h3-13H,14-15H2,1-2H3/p+1. The largest absolute Gasteiger partial charge is 0.423 e. The van der Waals surface area contributed by atoms with Gasteiger partial charge in [0.1, 0.15) is 18.7 Å². The lowest BCUT2D eigenvalue weighted by Crippen LogP contribution is -3.06. The van der Waals surface area contributed by atoms with Crippen molar-refractivity contribution in [2.24, 2.45) is 0 Å². The number of hydrogen-bond donors (Lipinski definition) is 1. The molecule has 0 saturated carbocycles. The molecule has 1 aromatic heterocycles. The lowest BCUT2D eigenvalue weighted by Gasteiger charge is -2.16. The molecule has 3 aromatic carbocycles. The van der Waals surface area contributed by atoms with Gasteiger partial charge in [-0.05, 0) is 35.2 Å². The number of quaternary nitrogens is 1. The molecule has 4 heteroatoms. The van der Waals surface area contributed by atoms with Crippen molar-refractivity contribution in [1.29, 1.82) is 0 Å². The van der Waals surface area contributed by atoms with E-state index in [4.69, 9.17) is 4.42 Å². The Morgan fingerprint density at radius 1 is 0.963 bits per heavy atom. The third kappa shape index (κ3) is 3.77. The highest BCUT2D eigenvalue weighted by atomic mass is 32.2. The van der Waals surface area contributed by atoms with Crippen LogP contribution in [0.1, 0.15) is 11.1 Å². The quantitative estimate of drug-likeness (QED) is 0.326. The van der Waals surface area contributed by atoms with Crippen LogP contribution < -0.4 is 10.5 Å². The zero-order valence-corrected chi connectivity index (χ0v) is 16.3. The molecule has 1 atom stereocenters. The summed E-state index contributed by atoms with van der Waals surface area (Å²) in [7, 11) is 2.16. The van der Waals surface area contributed by atoms with Crippen molar-refractivity contribution in [3.8, 4) is 0 Å². The first-order valence-corrected chi connectivity index (χ1v) is 10.3. The van der Waals surface area contributed by atoms with Crippen molar-refractivity contribution in [3.05, 3.63) is 88.3 Å². The van der Waals surface area contributed by atoms with Gasteiger partial charge in [0.25, 0.3) is 0 Å². The van der Waals surface area contributed by atoms with E-state index >= 15 is 0 Å². The Labute approximate surface area is 162 Å². The van der Waals surface area contributed by atoms with Crippen molar-refractivity contribution in [3.63, 3.8) is 0 Å². The maximum absolute atomic E-state index is 12.1. The van der Waals surface area contributed by atoms with E-state index in [1.165, 1.54) is 15.4 Å². The lowest BCUT2D eigenvalue weighted by molar-refractivity contribution is -0.907. The van der Waals surface area contributed by atoms with Gasteiger partial charge in [0, 0.05) is 27.5 Å². The average molecular weight is 377 g/mol. The molecule has 27 heavy (non-hydrogen) atoms. The number of rotatable bonds is 5. The molecule has 0 bridgehead atoms. The summed E-state index contributed by atoms with van der Waals surface area (Å²) in [6.07, 6.45) is 2.09. The first-order valence-electron chi connectivity index (χ1n) is 9.03. The highest BCUT2D eigenvalue weighted by Gasteiger charge is 2.14. The van der Waals surface area contributed by atoms with Crippen molar-refractivity contribution in [2.45, 2.75) is 18.0 Å². The van der Waals surface area contributed by atoms with E-state index in [1.54, 1.807) is 17.8 Å². The summed E-state index contributed by atoms with van der Waals surface area (Å²) in [5, 5.41) is 3.33. The summed E-state index contributed by atoms with van der Waals surface area (Å²) >= 11 is 1.75. The monoisotopic (exact) mass is 376 g/mol. The smallest absolute Gasteiger partial charge is 0.336 e. The molecular formula is C23H22NO2S+. The minimum Gasteiger partial charge on any atom is -0.423 e. The Kier molecular flexibility index (Phi) is 5.01. The first kappa shape index (κ1) is 17.8. The number of benzene rings is 3. The summed E-state index contributed by atoms with van der Waals surface area (Å²) in [6.45, 7) is 1.67. The van der Waals surface area contributed by atoms with Crippen molar-refractivity contribution in [2.75, 3.05) is 13.3 Å². The van der Waals surface area contributed by atoms with Gasteiger partial charge < -0.3 is 9.32 Å². The molecule has 0 saturated heterocycles. The van der Waals surface area contributed by atoms with Gasteiger partial charge >= 0.3 is 5.63 Å². The number of fused-ring (bicyclic) bond motifs is 3. The SMILES string of the molecule is CSc1ccc(C[NH+](C)Cc2cc(=O)oc3ccc4ccccc4c23)cc1. The molecule has 0 radical (unpaired) electrons. The molecule has 0 aliphatic heterocycles. The van der Waals surface area contributed by atoms with E-state index < -0.39 is 0 Å². The summed E-state index contributed by atoms with van der Waals surface area (Å²) in [5.74, 6) is 0. The van der Waals surface area contributed by atoms with Gasteiger partial charge in [-0.3, -0.25) is 0 Å². The fourth-order valence-electron chi connectivity index (χ4n) is 3.64. The Morgan fingerprint density at radius 2 is 1.74 bits per heavy atom. The fraction of sp³-hybridized carbons (Fsp3) is 0.174. The summed E-state index contributed by atoms with van der Waals surface area (Å²) in [4.78, 5) is 14.7. The zero-order chi connectivity index (χ0) is 18.8. The van der Waals surface area contributed by atoms with Crippen LogP contribution >= 0.6 is 11.8 Å². The summed E-state index contributed by atoms with van der Waals surface area (Å²) in [5.41, 5.74) is 2.71. The van der Waals surface area contributed by atoms with E-state index in [2.05, 4.69) is 49.7 Å². The van der Waals surface area contributed by atoms with Gasteiger partial charge in [-0.15, -0.1) is 11.8 Å². The molecule has 0 fully saturated rings. The van der Waals surface area contributed by atoms with Crippen LogP contribution in [0.25, 0.3) is 21.7 Å². The first-order chi connectivity index (χ1) is 13.1.